The maximum Gasteiger partial charge on any atom is 0.322 e. The Hall–Kier alpha value is -2.42. The van der Waals surface area contributed by atoms with Crippen LogP contribution in [0.4, 0.5) is 0 Å². The number of nitrogens with two attached hydrogens (primary N) is 1. The van der Waals surface area contributed by atoms with Gasteiger partial charge in [0.25, 0.3) is 0 Å². The van der Waals surface area contributed by atoms with E-state index in [0.717, 1.165) is 0 Å². The Bertz CT molecular complexity index is 514. The molecule has 0 aliphatic rings. The van der Waals surface area contributed by atoms with E-state index in [1.54, 1.807) is 0 Å². The second-order valence-electron chi connectivity index (χ2n) is 3.56. The fourth-order valence-corrected chi connectivity index (χ4v) is 1.31. The van der Waals surface area contributed by atoms with E-state index in [0.29, 0.717) is 5.69 Å². The molecule has 1 rings (SSSR count). The van der Waals surface area contributed by atoms with E-state index in [1.165, 1.54) is 12.5 Å². The van der Waals surface area contributed by atoms with Gasteiger partial charge < -0.3 is 26.5 Å². The van der Waals surface area contributed by atoms with Crippen molar-refractivity contribution in [2.24, 2.45) is 5.73 Å². The molecule has 0 radical (unpaired) electrons. The molecular weight excluding hydrogens is 254 g/mol. The zero-order valence-electron chi connectivity index (χ0n) is 11.8. The number of carboxylic acid groups (broad SMARTS) is 1. The number of carbonyl (C=O) groups excluding carboxylic acids is 2. The SMILES string of the molecule is [2H]C([2H])(N)C(=O)N[C@@H](Cc1cnc[nH]1)C(=O)NCC(=O)O. The predicted octanol–water partition coefficient (Wildman–Crippen LogP) is -2.40. The second-order valence-corrected chi connectivity index (χ2v) is 3.56. The molecule has 6 N–H and O–H groups in total. The number of hydrogen-bond acceptors (Lipinski definition) is 5. The molecule has 0 spiro atoms. The minimum absolute atomic E-state index is 0.0206. The molecular formula is C10H15N5O4. The van der Waals surface area contributed by atoms with Crippen LogP contribution in [0.3, 0.4) is 0 Å². The Kier molecular flexibility index (Phi) is 4.36. The van der Waals surface area contributed by atoms with Gasteiger partial charge in [-0.05, 0) is 0 Å². The molecule has 104 valence electrons. The van der Waals surface area contributed by atoms with Crippen LogP contribution < -0.4 is 16.4 Å². The third-order valence-electron chi connectivity index (χ3n) is 2.15. The third kappa shape index (κ3) is 5.17. The van der Waals surface area contributed by atoms with Gasteiger partial charge >= 0.3 is 5.97 Å². The summed E-state index contributed by atoms with van der Waals surface area (Å²) in [4.78, 5) is 40.2. The van der Waals surface area contributed by atoms with Gasteiger partial charge in [0, 0.05) is 18.3 Å². The lowest BCUT2D eigenvalue weighted by molar-refractivity contribution is -0.138. The van der Waals surface area contributed by atoms with Crippen LogP contribution in [0.1, 0.15) is 8.44 Å². The lowest BCUT2D eigenvalue weighted by atomic mass is 10.1. The number of aliphatic carboxylic acids is 1. The van der Waals surface area contributed by atoms with E-state index in [2.05, 4.69) is 20.6 Å². The summed E-state index contributed by atoms with van der Waals surface area (Å²) in [6.07, 6.45) is 2.76. The summed E-state index contributed by atoms with van der Waals surface area (Å²) in [5.41, 5.74) is 5.50. The van der Waals surface area contributed by atoms with Crippen LogP contribution in [-0.4, -0.2) is 51.9 Å². The van der Waals surface area contributed by atoms with Gasteiger partial charge in [0.15, 0.2) is 0 Å². The Morgan fingerprint density at radius 3 is 2.84 bits per heavy atom. The maximum absolute atomic E-state index is 11.8. The molecule has 1 heterocycles. The first-order chi connectivity index (χ1) is 9.70. The van der Waals surface area contributed by atoms with Gasteiger partial charge in [-0.2, -0.15) is 0 Å². The number of nitrogens with zero attached hydrogens (tertiary/aromatic N) is 1. The van der Waals surface area contributed by atoms with E-state index in [-0.39, 0.29) is 6.42 Å². The number of aromatic nitrogens is 2. The van der Waals surface area contributed by atoms with Crippen LogP contribution in [0.15, 0.2) is 12.5 Å². The second kappa shape index (κ2) is 7.11. The van der Waals surface area contributed by atoms with Crippen molar-refractivity contribution < 1.29 is 22.2 Å². The molecule has 1 aromatic heterocycles. The molecule has 1 atom stereocenters. The molecule has 0 bridgehead atoms. The predicted molar refractivity (Wildman–Crippen MR) is 63.9 cm³/mol. The summed E-state index contributed by atoms with van der Waals surface area (Å²) in [5, 5.41) is 12.7. The molecule has 9 heteroatoms. The van der Waals surface area contributed by atoms with E-state index >= 15 is 0 Å². The van der Waals surface area contributed by atoms with E-state index in [9.17, 15) is 14.4 Å². The molecule has 0 aliphatic heterocycles. The number of imidazole rings is 1. The number of nitrogens with one attached hydrogen (secondary N) is 3. The number of H-pyrrole nitrogens is 1. The van der Waals surface area contributed by atoms with E-state index in [4.69, 9.17) is 13.6 Å². The molecule has 0 aromatic carbocycles. The zero-order valence-corrected chi connectivity index (χ0v) is 9.84. The Labute approximate surface area is 111 Å². The molecule has 9 nitrogen and oxygen atoms in total. The van der Waals surface area contributed by atoms with Crippen LogP contribution in [-0.2, 0) is 20.8 Å². The van der Waals surface area contributed by atoms with Gasteiger partial charge in [-0.25, -0.2) is 4.98 Å². The number of carboxylic acids is 1. The van der Waals surface area contributed by atoms with E-state index < -0.39 is 36.9 Å². The largest absolute Gasteiger partial charge is 0.480 e. The average molecular weight is 271 g/mol. The van der Waals surface area contributed by atoms with Crippen molar-refractivity contribution >= 4 is 17.8 Å². The Morgan fingerprint density at radius 1 is 1.58 bits per heavy atom. The van der Waals surface area contributed by atoms with Gasteiger partial charge in [-0.3, -0.25) is 14.4 Å². The normalized spacial score (nSPS) is 13.9. The summed E-state index contributed by atoms with van der Waals surface area (Å²) < 4.78 is 14.2. The van der Waals surface area contributed by atoms with Crippen molar-refractivity contribution in [1.29, 1.82) is 0 Å². The number of amides is 2. The van der Waals surface area contributed by atoms with Crippen molar-refractivity contribution in [3.63, 3.8) is 0 Å². The van der Waals surface area contributed by atoms with Crippen LogP contribution in [0, 0.1) is 0 Å². The molecule has 0 aliphatic carbocycles. The standard InChI is InChI=1S/C10H15N5O4/c11-2-8(16)15-7(1-6-3-12-5-14-6)10(19)13-4-9(17)18/h3,5,7H,1-2,4,11H2,(H,12,14)(H,13,19)(H,15,16)(H,17,18)/t7-/m0/s1/i2D2. The topological polar surface area (TPSA) is 150 Å². The highest BCUT2D eigenvalue weighted by atomic mass is 16.4. The van der Waals surface area contributed by atoms with Crippen LogP contribution in [0.5, 0.6) is 0 Å². The molecule has 0 fully saturated rings. The highest BCUT2D eigenvalue weighted by Crippen LogP contribution is 1.98. The molecule has 19 heavy (non-hydrogen) atoms. The smallest absolute Gasteiger partial charge is 0.322 e. The molecule has 0 saturated carbocycles. The summed E-state index contributed by atoms with van der Waals surface area (Å²) >= 11 is 0. The van der Waals surface area contributed by atoms with Crippen molar-refractivity contribution in [3.05, 3.63) is 18.2 Å². The minimum atomic E-state index is -2.65. The third-order valence-corrected chi connectivity index (χ3v) is 2.15. The lowest BCUT2D eigenvalue weighted by Crippen LogP contribution is -2.50. The number of rotatable bonds is 7. The summed E-state index contributed by atoms with van der Waals surface area (Å²) in [6.45, 7) is -3.27. The summed E-state index contributed by atoms with van der Waals surface area (Å²) in [6, 6.07) is -1.18. The van der Waals surface area contributed by atoms with Crippen LogP contribution in [0.25, 0.3) is 0 Å². The van der Waals surface area contributed by atoms with Crippen molar-refractivity contribution in [3.8, 4) is 0 Å². The highest BCUT2D eigenvalue weighted by Gasteiger charge is 2.21. The fourth-order valence-electron chi connectivity index (χ4n) is 1.31. The number of aromatic amines is 1. The Balaban J connectivity index is 2.76. The average Bonchev–Trinajstić information content (AvgIpc) is 2.86. The van der Waals surface area contributed by atoms with Gasteiger partial charge in [-0.1, -0.05) is 0 Å². The summed E-state index contributed by atoms with van der Waals surface area (Å²) in [7, 11) is 0. The van der Waals surface area contributed by atoms with Crippen molar-refractivity contribution in [2.75, 3.05) is 13.0 Å². The van der Waals surface area contributed by atoms with Gasteiger partial charge in [-0.15, -0.1) is 0 Å². The van der Waals surface area contributed by atoms with Gasteiger partial charge in [0.05, 0.1) is 15.6 Å². The first kappa shape index (κ1) is 11.7. The Morgan fingerprint density at radius 2 is 2.32 bits per heavy atom. The van der Waals surface area contributed by atoms with E-state index in [1.807, 2.05) is 0 Å². The zero-order chi connectivity index (χ0) is 16.0. The van der Waals surface area contributed by atoms with Crippen LogP contribution >= 0.6 is 0 Å². The first-order valence-corrected chi connectivity index (χ1v) is 5.26. The highest BCUT2D eigenvalue weighted by molar-refractivity contribution is 5.90. The molecule has 0 unspecified atom stereocenters. The fraction of sp³-hybridized carbons (Fsp3) is 0.400. The molecule has 1 aromatic rings. The maximum atomic E-state index is 11.8. The molecule has 2 amide bonds. The number of carbonyl (C=O) groups is 3. The first-order valence-electron chi connectivity index (χ1n) is 6.26. The monoisotopic (exact) mass is 271 g/mol. The van der Waals surface area contributed by atoms with Crippen molar-refractivity contribution in [2.45, 2.75) is 12.5 Å². The van der Waals surface area contributed by atoms with Crippen molar-refractivity contribution in [1.82, 2.24) is 20.6 Å². The minimum Gasteiger partial charge on any atom is -0.480 e. The lowest BCUT2D eigenvalue weighted by Gasteiger charge is -2.16. The van der Waals surface area contributed by atoms with Crippen LogP contribution in [0.2, 0.25) is 0 Å². The molecule has 0 saturated heterocycles. The van der Waals surface area contributed by atoms with Gasteiger partial charge in [0.1, 0.15) is 12.6 Å². The number of hydrogen-bond donors (Lipinski definition) is 5. The quantitative estimate of drug-likeness (QED) is 0.373. The van der Waals surface area contributed by atoms with Gasteiger partial charge in [0.2, 0.25) is 11.8 Å². The summed E-state index contributed by atoms with van der Waals surface area (Å²) in [5.74, 6) is -3.20.